The highest BCUT2D eigenvalue weighted by molar-refractivity contribution is 7.16. The summed E-state index contributed by atoms with van der Waals surface area (Å²) < 4.78 is 0.702. The molecular formula is C12H16ClNO3S. The minimum absolute atomic E-state index is 0.122. The highest BCUT2D eigenvalue weighted by atomic mass is 35.5. The van der Waals surface area contributed by atoms with E-state index in [1.165, 1.54) is 16.2 Å². The third-order valence-electron chi connectivity index (χ3n) is 2.39. The van der Waals surface area contributed by atoms with Crippen LogP contribution in [-0.2, 0) is 16.0 Å². The summed E-state index contributed by atoms with van der Waals surface area (Å²) in [6.07, 6.45) is 1.68. The second kappa shape index (κ2) is 7.38. The van der Waals surface area contributed by atoms with Gasteiger partial charge in [-0.25, -0.2) is 0 Å². The van der Waals surface area contributed by atoms with Crippen molar-refractivity contribution in [2.75, 3.05) is 13.1 Å². The van der Waals surface area contributed by atoms with Crippen molar-refractivity contribution in [3.8, 4) is 0 Å². The van der Waals surface area contributed by atoms with Crippen molar-refractivity contribution in [3.05, 3.63) is 21.3 Å². The number of carbonyl (C=O) groups excluding carboxylic acids is 1. The SMILES string of the molecule is CCCN(CC(=O)O)C(=O)CCc1ccc(Cl)s1. The molecule has 1 amide bonds. The Morgan fingerprint density at radius 2 is 2.17 bits per heavy atom. The Balaban J connectivity index is 2.48. The van der Waals surface area contributed by atoms with Crippen LogP contribution in [0.25, 0.3) is 0 Å². The Hall–Kier alpha value is -1.07. The maximum absolute atomic E-state index is 11.9. The van der Waals surface area contributed by atoms with Gasteiger partial charge in [-0.1, -0.05) is 18.5 Å². The summed E-state index contributed by atoms with van der Waals surface area (Å²) in [5, 5.41) is 8.74. The number of aryl methyl sites for hydroxylation is 1. The van der Waals surface area contributed by atoms with Crippen LogP contribution in [0.5, 0.6) is 0 Å². The molecule has 0 unspecified atom stereocenters. The Morgan fingerprint density at radius 1 is 1.44 bits per heavy atom. The molecule has 0 aromatic carbocycles. The molecule has 1 aromatic heterocycles. The van der Waals surface area contributed by atoms with Gasteiger partial charge in [0.1, 0.15) is 6.54 Å². The molecule has 0 aliphatic rings. The average molecular weight is 290 g/mol. The third-order valence-corrected chi connectivity index (χ3v) is 3.68. The highest BCUT2D eigenvalue weighted by Crippen LogP contribution is 2.22. The van der Waals surface area contributed by atoms with Gasteiger partial charge in [0, 0.05) is 17.8 Å². The molecule has 0 spiro atoms. The lowest BCUT2D eigenvalue weighted by atomic mass is 10.2. The minimum atomic E-state index is -0.976. The lowest BCUT2D eigenvalue weighted by Gasteiger charge is -2.19. The van der Waals surface area contributed by atoms with Gasteiger partial charge >= 0.3 is 5.97 Å². The standard InChI is InChI=1S/C12H16ClNO3S/c1-2-7-14(8-12(16)17)11(15)6-4-9-3-5-10(13)18-9/h3,5H,2,4,6-8H2,1H3,(H,16,17). The molecule has 0 radical (unpaired) electrons. The fourth-order valence-corrected chi connectivity index (χ4v) is 2.69. The van der Waals surface area contributed by atoms with Gasteiger partial charge in [-0.3, -0.25) is 9.59 Å². The summed E-state index contributed by atoms with van der Waals surface area (Å²) in [5.74, 6) is -1.10. The van der Waals surface area contributed by atoms with Crippen LogP contribution in [0.15, 0.2) is 12.1 Å². The number of carboxylic acid groups (broad SMARTS) is 1. The quantitative estimate of drug-likeness (QED) is 0.839. The summed E-state index contributed by atoms with van der Waals surface area (Å²) in [7, 11) is 0. The zero-order valence-corrected chi connectivity index (χ0v) is 11.8. The van der Waals surface area contributed by atoms with Gasteiger partial charge in [0.25, 0.3) is 0 Å². The highest BCUT2D eigenvalue weighted by Gasteiger charge is 2.15. The summed E-state index contributed by atoms with van der Waals surface area (Å²) >= 11 is 7.25. The van der Waals surface area contributed by atoms with Crippen molar-refractivity contribution in [3.63, 3.8) is 0 Å². The normalized spacial score (nSPS) is 10.3. The molecule has 0 atom stereocenters. The van der Waals surface area contributed by atoms with E-state index >= 15 is 0 Å². The predicted octanol–water partition coefficient (Wildman–Crippen LogP) is 2.66. The van der Waals surface area contributed by atoms with Gasteiger partial charge < -0.3 is 10.0 Å². The molecule has 0 bridgehead atoms. The number of carbonyl (C=O) groups is 2. The Kier molecular flexibility index (Phi) is 6.15. The van der Waals surface area contributed by atoms with Crippen molar-refractivity contribution in [2.24, 2.45) is 0 Å². The first-order valence-corrected chi connectivity index (χ1v) is 6.96. The topological polar surface area (TPSA) is 57.6 Å². The predicted molar refractivity (Wildman–Crippen MR) is 72.2 cm³/mol. The second-order valence-electron chi connectivity index (χ2n) is 3.91. The number of hydrogen-bond donors (Lipinski definition) is 1. The molecule has 1 rings (SSSR count). The summed E-state index contributed by atoms with van der Waals surface area (Å²) in [5.41, 5.74) is 0. The van der Waals surface area contributed by atoms with Crippen molar-refractivity contribution in [1.29, 1.82) is 0 Å². The minimum Gasteiger partial charge on any atom is -0.480 e. The molecule has 0 aliphatic heterocycles. The first-order chi connectivity index (χ1) is 8.52. The van der Waals surface area contributed by atoms with E-state index in [1.54, 1.807) is 6.07 Å². The maximum atomic E-state index is 11.9. The van der Waals surface area contributed by atoms with Gasteiger partial charge in [0.15, 0.2) is 0 Å². The van der Waals surface area contributed by atoms with Gasteiger partial charge in [-0.2, -0.15) is 0 Å². The Bertz CT molecular complexity index is 419. The fourth-order valence-electron chi connectivity index (χ4n) is 1.60. The fraction of sp³-hybridized carbons (Fsp3) is 0.500. The molecule has 0 aliphatic carbocycles. The molecule has 6 heteroatoms. The third kappa shape index (κ3) is 5.06. The van der Waals surface area contributed by atoms with Crippen molar-refractivity contribution in [1.82, 2.24) is 4.90 Å². The second-order valence-corrected chi connectivity index (χ2v) is 5.71. The summed E-state index contributed by atoms with van der Waals surface area (Å²) in [6, 6.07) is 3.69. The van der Waals surface area contributed by atoms with Gasteiger partial charge in [0.05, 0.1) is 4.34 Å². The first kappa shape index (κ1) is 15.0. The largest absolute Gasteiger partial charge is 0.480 e. The Labute approximate surface area is 115 Å². The van der Waals surface area contributed by atoms with Crippen LogP contribution in [0.3, 0.4) is 0 Å². The van der Waals surface area contributed by atoms with Crippen LogP contribution in [-0.4, -0.2) is 35.0 Å². The number of aliphatic carboxylic acids is 1. The van der Waals surface area contributed by atoms with E-state index < -0.39 is 5.97 Å². The van der Waals surface area contributed by atoms with Crippen LogP contribution < -0.4 is 0 Å². The molecule has 0 saturated carbocycles. The Morgan fingerprint density at radius 3 is 2.67 bits per heavy atom. The van der Waals surface area contributed by atoms with E-state index in [0.717, 1.165) is 11.3 Å². The van der Waals surface area contributed by atoms with Crippen LogP contribution >= 0.6 is 22.9 Å². The molecule has 1 aromatic rings. The molecule has 18 heavy (non-hydrogen) atoms. The molecule has 4 nitrogen and oxygen atoms in total. The average Bonchev–Trinajstić information content (AvgIpc) is 2.71. The van der Waals surface area contributed by atoms with E-state index in [9.17, 15) is 9.59 Å². The maximum Gasteiger partial charge on any atom is 0.323 e. The van der Waals surface area contributed by atoms with Crippen LogP contribution in [0.1, 0.15) is 24.6 Å². The van der Waals surface area contributed by atoms with E-state index in [2.05, 4.69) is 0 Å². The molecule has 1 N–H and O–H groups in total. The number of rotatable bonds is 7. The van der Waals surface area contributed by atoms with Gasteiger partial charge in [0.2, 0.25) is 5.91 Å². The number of thiophene rings is 1. The monoisotopic (exact) mass is 289 g/mol. The molecule has 0 fully saturated rings. The van der Waals surface area contributed by atoms with Crippen LogP contribution in [0.4, 0.5) is 0 Å². The molecular weight excluding hydrogens is 274 g/mol. The summed E-state index contributed by atoms with van der Waals surface area (Å²) in [6.45, 7) is 2.18. The van der Waals surface area contributed by atoms with Crippen LogP contribution in [0, 0.1) is 0 Å². The van der Waals surface area contributed by atoms with Crippen molar-refractivity contribution >= 4 is 34.8 Å². The summed E-state index contributed by atoms with van der Waals surface area (Å²) in [4.78, 5) is 25.0. The zero-order valence-electron chi connectivity index (χ0n) is 10.2. The smallest absolute Gasteiger partial charge is 0.323 e. The van der Waals surface area contributed by atoms with Crippen LogP contribution in [0.2, 0.25) is 4.34 Å². The number of hydrogen-bond acceptors (Lipinski definition) is 3. The van der Waals surface area contributed by atoms with E-state index in [4.69, 9.17) is 16.7 Å². The lowest BCUT2D eigenvalue weighted by Crippen LogP contribution is -2.36. The van der Waals surface area contributed by atoms with Crippen molar-refractivity contribution in [2.45, 2.75) is 26.2 Å². The number of nitrogens with zero attached hydrogens (tertiary/aromatic N) is 1. The first-order valence-electron chi connectivity index (χ1n) is 5.76. The molecule has 1 heterocycles. The van der Waals surface area contributed by atoms with E-state index in [1.807, 2.05) is 13.0 Å². The lowest BCUT2D eigenvalue weighted by molar-refractivity contribution is -0.144. The zero-order chi connectivity index (χ0) is 13.5. The van der Waals surface area contributed by atoms with E-state index in [-0.39, 0.29) is 12.5 Å². The number of carboxylic acids is 1. The van der Waals surface area contributed by atoms with E-state index in [0.29, 0.717) is 23.7 Å². The number of amides is 1. The molecule has 100 valence electrons. The van der Waals surface area contributed by atoms with Crippen molar-refractivity contribution < 1.29 is 14.7 Å². The van der Waals surface area contributed by atoms with Gasteiger partial charge in [-0.15, -0.1) is 11.3 Å². The number of halogens is 1. The molecule has 0 saturated heterocycles. The van der Waals surface area contributed by atoms with Gasteiger partial charge in [-0.05, 0) is 25.0 Å².